The van der Waals surface area contributed by atoms with Crippen LogP contribution in [-0.2, 0) is 14.8 Å². The predicted octanol–water partition coefficient (Wildman–Crippen LogP) is 1.00. The number of piperazine rings is 1. The Kier molecular flexibility index (Phi) is 5.12. The highest BCUT2D eigenvalue weighted by molar-refractivity contribution is 7.89. The maximum atomic E-state index is 12.6. The van der Waals surface area contributed by atoms with Crippen LogP contribution < -0.4 is 0 Å². The second-order valence-corrected chi connectivity index (χ2v) is 6.86. The van der Waals surface area contributed by atoms with Crippen LogP contribution in [0.2, 0.25) is 0 Å². The van der Waals surface area contributed by atoms with E-state index in [-0.39, 0.29) is 37.0 Å². The van der Waals surface area contributed by atoms with Crippen LogP contribution in [0, 0.1) is 10.1 Å². The summed E-state index contributed by atoms with van der Waals surface area (Å²) >= 11 is 0. The highest BCUT2D eigenvalue weighted by Gasteiger charge is 2.33. The monoisotopic (exact) mass is 339 g/mol. The van der Waals surface area contributed by atoms with Crippen LogP contribution in [0.5, 0.6) is 0 Å². The number of sulfonamides is 1. The van der Waals surface area contributed by atoms with Crippen molar-refractivity contribution in [2.24, 2.45) is 0 Å². The fourth-order valence-corrected chi connectivity index (χ4v) is 3.94. The first-order chi connectivity index (χ1) is 10.9. The molecule has 1 amide bonds. The minimum atomic E-state index is -3.96. The van der Waals surface area contributed by atoms with Crippen LogP contribution in [0.4, 0.5) is 5.69 Å². The number of amides is 1. The highest BCUT2D eigenvalue weighted by Crippen LogP contribution is 2.26. The van der Waals surface area contributed by atoms with Crippen LogP contribution in [-0.4, -0.2) is 54.6 Å². The van der Waals surface area contributed by atoms with Crippen molar-refractivity contribution in [1.29, 1.82) is 0 Å². The summed E-state index contributed by atoms with van der Waals surface area (Å²) in [4.78, 5) is 23.3. The number of nitrogens with zero attached hydrogens (tertiary/aromatic N) is 3. The topological polar surface area (TPSA) is 101 Å². The summed E-state index contributed by atoms with van der Waals surface area (Å²) in [6, 6.07) is 5.26. The van der Waals surface area contributed by atoms with Gasteiger partial charge in [0.05, 0.1) is 4.92 Å². The fourth-order valence-electron chi connectivity index (χ4n) is 2.36. The number of benzene rings is 1. The molecule has 0 aliphatic carbocycles. The van der Waals surface area contributed by atoms with Gasteiger partial charge in [-0.1, -0.05) is 18.2 Å². The molecule has 0 N–H and O–H groups in total. The Morgan fingerprint density at radius 3 is 2.39 bits per heavy atom. The van der Waals surface area contributed by atoms with E-state index in [1.54, 1.807) is 17.9 Å². The minimum absolute atomic E-state index is 0.109. The number of hydrogen-bond donors (Lipinski definition) is 0. The van der Waals surface area contributed by atoms with Gasteiger partial charge in [-0.25, -0.2) is 8.42 Å². The molecule has 1 saturated heterocycles. The normalized spacial score (nSPS) is 16.7. The van der Waals surface area contributed by atoms with Crippen LogP contribution in [0.1, 0.15) is 6.92 Å². The summed E-state index contributed by atoms with van der Waals surface area (Å²) in [5, 5.41) is 11.0. The second-order valence-electron chi connectivity index (χ2n) is 4.95. The van der Waals surface area contributed by atoms with Crippen molar-refractivity contribution < 1.29 is 18.1 Å². The quantitative estimate of drug-likeness (QED) is 0.463. The summed E-state index contributed by atoms with van der Waals surface area (Å²) in [5.74, 6) is -0.171. The molecule has 0 spiro atoms. The van der Waals surface area contributed by atoms with Gasteiger partial charge in [0.15, 0.2) is 4.90 Å². The van der Waals surface area contributed by atoms with E-state index in [9.17, 15) is 23.3 Å². The second kappa shape index (κ2) is 6.88. The third kappa shape index (κ3) is 3.57. The lowest BCUT2D eigenvalue weighted by molar-refractivity contribution is -0.387. The third-order valence-corrected chi connectivity index (χ3v) is 5.49. The first-order valence-corrected chi connectivity index (χ1v) is 8.47. The Balaban J connectivity index is 2.20. The summed E-state index contributed by atoms with van der Waals surface area (Å²) < 4.78 is 26.4. The van der Waals surface area contributed by atoms with Crippen molar-refractivity contribution >= 4 is 21.6 Å². The fraction of sp³-hybridized carbons (Fsp3) is 0.357. The van der Waals surface area contributed by atoms with Gasteiger partial charge in [-0.05, 0) is 19.1 Å². The standard InChI is InChI=1S/C14H17N3O5S/c1-2-5-14(18)15-8-10-16(11-9-15)23(21,22)13-7-4-3-6-12(13)17(19)20/h2-7H,8-11H2,1H3/b5-2+. The largest absolute Gasteiger partial charge is 0.337 e. The Bertz CT molecular complexity index is 737. The summed E-state index contributed by atoms with van der Waals surface area (Å²) in [5.41, 5.74) is -0.445. The van der Waals surface area contributed by atoms with E-state index in [0.717, 1.165) is 0 Å². The number of nitro groups is 1. The minimum Gasteiger partial charge on any atom is -0.337 e. The molecule has 1 aliphatic heterocycles. The van der Waals surface area contributed by atoms with Crippen LogP contribution in [0.25, 0.3) is 0 Å². The van der Waals surface area contributed by atoms with Gasteiger partial charge < -0.3 is 4.90 Å². The van der Waals surface area contributed by atoms with Crippen molar-refractivity contribution in [3.05, 3.63) is 46.5 Å². The Morgan fingerprint density at radius 1 is 1.22 bits per heavy atom. The maximum absolute atomic E-state index is 12.6. The first kappa shape index (κ1) is 17.1. The molecule has 0 atom stereocenters. The molecule has 1 aromatic rings. The molecule has 8 nitrogen and oxygen atoms in total. The van der Waals surface area contributed by atoms with E-state index in [1.165, 1.54) is 34.6 Å². The average molecular weight is 339 g/mol. The lowest BCUT2D eigenvalue weighted by Crippen LogP contribution is -2.50. The van der Waals surface area contributed by atoms with Crippen molar-refractivity contribution in [3.8, 4) is 0 Å². The molecular weight excluding hydrogens is 322 g/mol. The molecule has 0 bridgehead atoms. The lowest BCUT2D eigenvalue weighted by Gasteiger charge is -2.33. The number of rotatable bonds is 4. The molecule has 124 valence electrons. The van der Waals surface area contributed by atoms with E-state index < -0.39 is 20.6 Å². The lowest BCUT2D eigenvalue weighted by atomic mass is 10.3. The van der Waals surface area contributed by atoms with Gasteiger partial charge >= 0.3 is 0 Å². The van der Waals surface area contributed by atoms with Crippen molar-refractivity contribution in [1.82, 2.24) is 9.21 Å². The molecule has 2 rings (SSSR count). The van der Waals surface area contributed by atoms with Crippen LogP contribution in [0.15, 0.2) is 41.3 Å². The van der Waals surface area contributed by atoms with E-state index in [2.05, 4.69) is 0 Å². The van der Waals surface area contributed by atoms with Crippen LogP contribution >= 0.6 is 0 Å². The van der Waals surface area contributed by atoms with Gasteiger partial charge in [0.25, 0.3) is 5.69 Å². The van der Waals surface area contributed by atoms with E-state index in [0.29, 0.717) is 0 Å². The van der Waals surface area contributed by atoms with Crippen molar-refractivity contribution in [2.75, 3.05) is 26.2 Å². The zero-order valence-electron chi connectivity index (χ0n) is 12.6. The molecule has 1 heterocycles. The summed E-state index contributed by atoms with van der Waals surface area (Å²) in [6.45, 7) is 2.45. The van der Waals surface area contributed by atoms with E-state index in [1.807, 2.05) is 0 Å². The van der Waals surface area contributed by atoms with Crippen LogP contribution in [0.3, 0.4) is 0 Å². The van der Waals surface area contributed by atoms with Crippen molar-refractivity contribution in [3.63, 3.8) is 0 Å². The molecule has 1 fully saturated rings. The smallest absolute Gasteiger partial charge is 0.289 e. The van der Waals surface area contributed by atoms with Gasteiger partial charge in [-0.15, -0.1) is 0 Å². The number of allylic oxidation sites excluding steroid dienone is 1. The molecule has 9 heteroatoms. The Hall–Kier alpha value is -2.26. The van der Waals surface area contributed by atoms with Gasteiger partial charge in [-0.2, -0.15) is 4.31 Å². The molecule has 0 aromatic heterocycles. The van der Waals surface area contributed by atoms with E-state index in [4.69, 9.17) is 0 Å². The molecule has 1 aliphatic rings. The number of carbonyl (C=O) groups excluding carboxylic acids is 1. The molecule has 0 saturated carbocycles. The zero-order chi connectivity index (χ0) is 17.0. The summed E-state index contributed by atoms with van der Waals surface area (Å²) in [7, 11) is -3.96. The molecule has 23 heavy (non-hydrogen) atoms. The predicted molar refractivity (Wildman–Crippen MR) is 83.2 cm³/mol. The van der Waals surface area contributed by atoms with Gasteiger partial charge in [-0.3, -0.25) is 14.9 Å². The van der Waals surface area contributed by atoms with E-state index >= 15 is 0 Å². The number of carbonyl (C=O) groups is 1. The Morgan fingerprint density at radius 2 is 1.83 bits per heavy atom. The summed E-state index contributed by atoms with van der Waals surface area (Å²) in [6.07, 6.45) is 3.05. The molecule has 0 unspecified atom stereocenters. The SMILES string of the molecule is C/C=C/C(=O)N1CCN(S(=O)(=O)c2ccccc2[N+](=O)[O-])CC1. The molecular formula is C14H17N3O5S. The van der Waals surface area contributed by atoms with Gasteiger partial charge in [0.2, 0.25) is 15.9 Å². The maximum Gasteiger partial charge on any atom is 0.289 e. The third-order valence-electron chi connectivity index (χ3n) is 3.54. The number of nitro benzene ring substituents is 1. The van der Waals surface area contributed by atoms with Gasteiger partial charge in [0.1, 0.15) is 0 Å². The molecule has 0 radical (unpaired) electrons. The van der Waals surface area contributed by atoms with Gasteiger partial charge in [0, 0.05) is 32.2 Å². The number of para-hydroxylation sites is 1. The molecule has 1 aromatic carbocycles. The first-order valence-electron chi connectivity index (χ1n) is 7.03. The number of hydrogen-bond acceptors (Lipinski definition) is 5. The zero-order valence-corrected chi connectivity index (χ0v) is 13.4. The Labute approximate surface area is 134 Å². The van der Waals surface area contributed by atoms with Crippen molar-refractivity contribution in [2.45, 2.75) is 11.8 Å². The highest BCUT2D eigenvalue weighted by atomic mass is 32.2. The average Bonchev–Trinajstić information content (AvgIpc) is 2.55.